The van der Waals surface area contributed by atoms with Gasteiger partial charge in [-0.05, 0) is 5.56 Å². The molecule has 0 bridgehead atoms. The molecule has 0 heterocycles. The largest absolute Gasteiger partial charge is 0.693 e. The van der Waals surface area contributed by atoms with Crippen LogP contribution in [-0.4, -0.2) is 11.1 Å². The van der Waals surface area contributed by atoms with E-state index < -0.39 is 11.7 Å². The zero-order valence-electron chi connectivity index (χ0n) is 6.90. The summed E-state index contributed by atoms with van der Waals surface area (Å²) in [6, 6.07) is 8.92. The van der Waals surface area contributed by atoms with Crippen molar-refractivity contribution >= 4 is 12.0 Å². The fourth-order valence-electron chi connectivity index (χ4n) is 0.778. The molecule has 1 aromatic rings. The molecule has 3 nitrogen and oxygen atoms in total. The van der Waals surface area contributed by atoms with Gasteiger partial charge in [0.15, 0.2) is 0 Å². The van der Waals surface area contributed by atoms with Gasteiger partial charge >= 0.3 is 5.97 Å². The van der Waals surface area contributed by atoms with Crippen LogP contribution in [0.15, 0.2) is 36.0 Å². The van der Waals surface area contributed by atoms with E-state index in [1.807, 2.05) is 6.07 Å². The number of carboxylic acid groups (broad SMARTS) is 1. The Balaban J connectivity index is 0.00000144. The van der Waals surface area contributed by atoms with Gasteiger partial charge in [-0.15, -0.1) is 0 Å². The Labute approximate surface area is 112 Å². The molecule has 0 aromatic heterocycles. The van der Waals surface area contributed by atoms with Gasteiger partial charge in [-0.1, -0.05) is 42.1 Å². The summed E-state index contributed by atoms with van der Waals surface area (Å²) in [5.74, 6) is -1.21. The van der Waals surface area contributed by atoms with E-state index in [-0.39, 0.29) is 44.1 Å². The molecule has 0 saturated heterocycles. The number of hydrogen-bond donors (Lipinski definition) is 1. The van der Waals surface area contributed by atoms with Crippen molar-refractivity contribution in [3.63, 3.8) is 0 Å². The van der Waals surface area contributed by atoms with Gasteiger partial charge in [0.2, 0.25) is 0 Å². The van der Waals surface area contributed by atoms with Crippen LogP contribution in [0.3, 0.4) is 0 Å². The normalized spacial score (nSPS) is 10.3. The third-order valence-electron chi connectivity index (χ3n) is 1.34. The Kier molecular flexibility index (Phi) is 6.02. The van der Waals surface area contributed by atoms with Crippen molar-refractivity contribution in [1.82, 2.24) is 0 Å². The molecule has 1 aromatic carbocycles. The van der Waals surface area contributed by atoms with Gasteiger partial charge in [-0.2, -0.15) is 0 Å². The number of nitrogens with one attached hydrogen (secondary N) is 1. The second-order valence-corrected chi connectivity index (χ2v) is 2.27. The summed E-state index contributed by atoms with van der Waals surface area (Å²) in [6.07, 6.45) is 1.31. The van der Waals surface area contributed by atoms with E-state index >= 15 is 0 Å². The number of carbonyl (C=O) groups is 1. The van der Waals surface area contributed by atoms with Gasteiger partial charge in [-0.25, -0.2) is 4.79 Å². The topological polar surface area (TPSA) is 61.1 Å². The molecule has 0 fully saturated rings. The zero-order chi connectivity index (χ0) is 8.97. The maximum Gasteiger partial charge on any atom is 0.312 e. The maximum absolute atomic E-state index is 10.2. The van der Waals surface area contributed by atoms with E-state index in [1.54, 1.807) is 24.3 Å². The standard InChI is InChI=1S/C9H8NO2.Ac/c10-8(9(11)12)6-7-4-2-1-3-5-7;/h1-6,10H,(H,11,12);/q-1;/b8-6+;. The van der Waals surface area contributed by atoms with Crippen LogP contribution in [0.5, 0.6) is 0 Å². The first-order valence-corrected chi connectivity index (χ1v) is 3.42. The molecule has 0 amide bonds. The van der Waals surface area contributed by atoms with Crippen molar-refractivity contribution in [3.05, 3.63) is 47.3 Å². The smallest absolute Gasteiger partial charge is 0.312 e. The van der Waals surface area contributed by atoms with Gasteiger partial charge in [0, 0.05) is 44.1 Å². The van der Waals surface area contributed by atoms with Gasteiger partial charge < -0.3 is 10.8 Å². The van der Waals surface area contributed by atoms with Crippen LogP contribution in [0.1, 0.15) is 5.56 Å². The molecule has 0 aliphatic heterocycles. The molecular weight excluding hydrogens is 381 g/mol. The molecule has 0 unspecified atom stereocenters. The fourth-order valence-corrected chi connectivity index (χ4v) is 0.778. The van der Waals surface area contributed by atoms with Crippen molar-refractivity contribution in [2.75, 3.05) is 0 Å². The van der Waals surface area contributed by atoms with Crippen LogP contribution < -0.4 is 0 Å². The van der Waals surface area contributed by atoms with Crippen LogP contribution in [0, 0.1) is 44.1 Å². The minimum absolute atomic E-state index is 0. The molecular formula is C9H8AcNO2-. The molecule has 1 radical (unpaired) electrons. The first-order valence-electron chi connectivity index (χ1n) is 3.42. The Bertz CT molecular complexity index is 309. The van der Waals surface area contributed by atoms with Crippen molar-refractivity contribution < 1.29 is 54.0 Å². The maximum atomic E-state index is 10.2. The molecule has 0 spiro atoms. The predicted octanol–water partition coefficient (Wildman–Crippen LogP) is 2.16. The zero-order valence-corrected chi connectivity index (χ0v) is 11.6. The van der Waals surface area contributed by atoms with Crippen molar-refractivity contribution in [3.8, 4) is 0 Å². The summed E-state index contributed by atoms with van der Waals surface area (Å²) >= 11 is 0. The van der Waals surface area contributed by atoms with E-state index in [1.165, 1.54) is 6.08 Å². The summed E-state index contributed by atoms with van der Waals surface area (Å²) in [4.78, 5) is 10.2. The summed E-state index contributed by atoms with van der Waals surface area (Å²) in [7, 11) is 0. The van der Waals surface area contributed by atoms with E-state index in [0.717, 1.165) is 5.56 Å². The summed E-state index contributed by atoms with van der Waals surface area (Å²) < 4.78 is 0. The molecule has 0 aliphatic carbocycles. The quantitative estimate of drug-likeness (QED) is 0.789. The number of aliphatic carboxylic acids is 1. The summed E-state index contributed by atoms with van der Waals surface area (Å²) in [5.41, 5.74) is 7.35. The van der Waals surface area contributed by atoms with Crippen LogP contribution in [0.2, 0.25) is 0 Å². The Morgan fingerprint density at radius 2 is 1.85 bits per heavy atom. The molecule has 65 valence electrons. The summed E-state index contributed by atoms with van der Waals surface area (Å²) in [6.45, 7) is 0. The molecule has 0 atom stereocenters. The Morgan fingerprint density at radius 1 is 1.31 bits per heavy atom. The Morgan fingerprint density at radius 3 is 2.31 bits per heavy atom. The van der Waals surface area contributed by atoms with E-state index in [4.69, 9.17) is 10.8 Å². The van der Waals surface area contributed by atoms with Gasteiger partial charge in [0.1, 0.15) is 0 Å². The SMILES string of the molecule is [Ac].[NH-]/C(=C/c1ccccc1)C(=O)O. The van der Waals surface area contributed by atoms with Gasteiger partial charge in [-0.3, -0.25) is 0 Å². The van der Waals surface area contributed by atoms with Gasteiger partial charge in [0.25, 0.3) is 0 Å². The van der Waals surface area contributed by atoms with Gasteiger partial charge in [0.05, 0.1) is 0 Å². The summed E-state index contributed by atoms with van der Waals surface area (Å²) in [5, 5.41) is 8.39. The van der Waals surface area contributed by atoms with Crippen molar-refractivity contribution in [2.45, 2.75) is 0 Å². The molecule has 13 heavy (non-hydrogen) atoms. The minimum atomic E-state index is -1.21. The second kappa shape index (κ2) is 6.17. The second-order valence-electron chi connectivity index (χ2n) is 2.27. The monoisotopic (exact) mass is 389 g/mol. The van der Waals surface area contributed by atoms with Crippen LogP contribution in [0.25, 0.3) is 11.8 Å². The number of benzene rings is 1. The van der Waals surface area contributed by atoms with E-state index in [9.17, 15) is 4.79 Å². The van der Waals surface area contributed by atoms with Crippen molar-refractivity contribution in [2.24, 2.45) is 0 Å². The number of carboxylic acids is 1. The van der Waals surface area contributed by atoms with Crippen LogP contribution in [-0.2, 0) is 4.79 Å². The predicted molar refractivity (Wildman–Crippen MR) is 46.4 cm³/mol. The molecule has 0 saturated carbocycles. The third kappa shape index (κ3) is 4.45. The number of rotatable bonds is 2. The first-order chi connectivity index (χ1) is 5.70. The minimum Gasteiger partial charge on any atom is -0.693 e. The third-order valence-corrected chi connectivity index (χ3v) is 1.34. The molecule has 4 heteroatoms. The molecule has 1 rings (SSSR count). The van der Waals surface area contributed by atoms with Crippen molar-refractivity contribution in [1.29, 1.82) is 0 Å². The molecule has 2 N–H and O–H groups in total. The van der Waals surface area contributed by atoms with E-state index in [2.05, 4.69) is 0 Å². The van der Waals surface area contributed by atoms with Crippen LogP contribution >= 0.6 is 0 Å². The average molecular weight is 389 g/mol. The Hall–Kier alpha value is -0.328. The van der Waals surface area contributed by atoms with E-state index in [0.29, 0.717) is 0 Å². The fraction of sp³-hybridized carbons (Fsp3) is 0. The number of hydrogen-bond acceptors (Lipinski definition) is 1. The average Bonchev–Trinajstić information content (AvgIpc) is 2.06. The molecule has 0 aliphatic rings. The van der Waals surface area contributed by atoms with Crippen LogP contribution in [0.4, 0.5) is 0 Å². The first kappa shape index (κ1) is 12.7.